The zero-order valence-corrected chi connectivity index (χ0v) is 9.68. The van der Waals surface area contributed by atoms with Gasteiger partial charge in [0.15, 0.2) is 17.1 Å². The Labute approximate surface area is 103 Å². The number of H-pyrrole nitrogens is 1. The summed E-state index contributed by atoms with van der Waals surface area (Å²) in [6.07, 6.45) is 1.73. The first-order valence-corrected chi connectivity index (χ1v) is 5.49. The van der Waals surface area contributed by atoms with E-state index in [2.05, 4.69) is 15.0 Å². The van der Waals surface area contributed by atoms with Gasteiger partial charge in [0.25, 0.3) is 0 Å². The first kappa shape index (κ1) is 10.6. The number of phenolic OH excluding ortho intramolecular Hbond substituents is 2. The molecule has 0 radical (unpaired) electrons. The summed E-state index contributed by atoms with van der Waals surface area (Å²) in [5.41, 5.74) is 2.86. The van der Waals surface area contributed by atoms with E-state index in [1.165, 1.54) is 6.07 Å². The van der Waals surface area contributed by atoms with E-state index in [1.807, 2.05) is 13.0 Å². The highest BCUT2D eigenvalue weighted by atomic mass is 16.3. The van der Waals surface area contributed by atoms with Crippen molar-refractivity contribution >= 4 is 11.2 Å². The molecule has 0 unspecified atom stereocenters. The SMILES string of the molecule is Cc1cnc2nc(-c3cccc(O)c3O)[nH]c2c1. The summed E-state index contributed by atoms with van der Waals surface area (Å²) < 4.78 is 0. The Kier molecular flexibility index (Phi) is 2.19. The van der Waals surface area contributed by atoms with Crippen molar-refractivity contribution in [3.8, 4) is 22.9 Å². The quantitative estimate of drug-likeness (QED) is 0.571. The van der Waals surface area contributed by atoms with Gasteiger partial charge in [0, 0.05) is 6.20 Å². The topological polar surface area (TPSA) is 82.0 Å². The van der Waals surface area contributed by atoms with Crippen molar-refractivity contribution in [3.05, 3.63) is 36.0 Å². The van der Waals surface area contributed by atoms with Crippen LogP contribution in [-0.2, 0) is 0 Å². The molecular weight excluding hydrogens is 230 g/mol. The van der Waals surface area contributed by atoms with Crippen LogP contribution < -0.4 is 0 Å². The molecule has 3 aromatic rings. The Bertz CT molecular complexity index is 734. The predicted molar refractivity (Wildman–Crippen MR) is 67.4 cm³/mol. The Morgan fingerprint density at radius 3 is 2.89 bits per heavy atom. The van der Waals surface area contributed by atoms with Crippen LogP contribution in [0.1, 0.15) is 5.56 Å². The van der Waals surface area contributed by atoms with Gasteiger partial charge in [-0.15, -0.1) is 0 Å². The Morgan fingerprint density at radius 2 is 2.06 bits per heavy atom. The number of aromatic amines is 1. The molecule has 0 fully saturated rings. The van der Waals surface area contributed by atoms with E-state index in [0.717, 1.165) is 11.1 Å². The molecule has 90 valence electrons. The predicted octanol–water partition coefficient (Wildman–Crippen LogP) is 2.34. The number of rotatable bonds is 1. The van der Waals surface area contributed by atoms with E-state index in [1.54, 1.807) is 18.3 Å². The molecule has 0 amide bonds. The number of nitrogens with one attached hydrogen (secondary N) is 1. The number of aromatic nitrogens is 3. The molecule has 0 saturated heterocycles. The van der Waals surface area contributed by atoms with Crippen LogP contribution in [0.25, 0.3) is 22.6 Å². The van der Waals surface area contributed by atoms with Gasteiger partial charge in [-0.1, -0.05) is 6.07 Å². The van der Waals surface area contributed by atoms with E-state index in [-0.39, 0.29) is 11.5 Å². The largest absolute Gasteiger partial charge is 0.504 e. The van der Waals surface area contributed by atoms with E-state index in [9.17, 15) is 10.2 Å². The molecule has 5 heteroatoms. The highest BCUT2D eigenvalue weighted by Crippen LogP contribution is 2.35. The number of aryl methyl sites for hydroxylation is 1. The summed E-state index contributed by atoms with van der Waals surface area (Å²) in [5.74, 6) is 0.127. The number of imidazole rings is 1. The molecule has 5 nitrogen and oxygen atoms in total. The molecule has 0 spiro atoms. The average Bonchev–Trinajstić information content (AvgIpc) is 2.75. The Hall–Kier alpha value is -2.56. The molecule has 0 atom stereocenters. The Morgan fingerprint density at radius 1 is 1.22 bits per heavy atom. The number of pyridine rings is 1. The molecule has 0 saturated carbocycles. The minimum absolute atomic E-state index is 0.169. The molecule has 18 heavy (non-hydrogen) atoms. The average molecular weight is 241 g/mol. The molecule has 0 aliphatic carbocycles. The molecule has 0 aliphatic rings. The van der Waals surface area contributed by atoms with Crippen LogP contribution in [0.4, 0.5) is 0 Å². The van der Waals surface area contributed by atoms with E-state index in [4.69, 9.17) is 0 Å². The van der Waals surface area contributed by atoms with Crippen LogP contribution in [0, 0.1) is 6.92 Å². The van der Waals surface area contributed by atoms with E-state index >= 15 is 0 Å². The number of phenols is 2. The lowest BCUT2D eigenvalue weighted by molar-refractivity contribution is 0.405. The maximum atomic E-state index is 9.80. The minimum atomic E-state index is -0.187. The van der Waals surface area contributed by atoms with Crippen molar-refractivity contribution in [1.29, 1.82) is 0 Å². The number of benzene rings is 1. The van der Waals surface area contributed by atoms with Gasteiger partial charge in [-0.2, -0.15) is 0 Å². The van der Waals surface area contributed by atoms with Gasteiger partial charge in [0.2, 0.25) is 0 Å². The molecule has 1 aromatic carbocycles. The van der Waals surface area contributed by atoms with Crippen molar-refractivity contribution in [2.24, 2.45) is 0 Å². The van der Waals surface area contributed by atoms with Gasteiger partial charge in [-0.3, -0.25) is 0 Å². The van der Waals surface area contributed by atoms with Crippen LogP contribution in [-0.4, -0.2) is 25.2 Å². The monoisotopic (exact) mass is 241 g/mol. The number of aromatic hydroxyl groups is 2. The summed E-state index contributed by atoms with van der Waals surface area (Å²) in [6, 6.07) is 6.68. The Balaban J connectivity index is 2.22. The first-order valence-electron chi connectivity index (χ1n) is 5.49. The van der Waals surface area contributed by atoms with Crippen molar-refractivity contribution in [2.75, 3.05) is 0 Å². The number of hydrogen-bond donors (Lipinski definition) is 3. The molecule has 3 N–H and O–H groups in total. The number of para-hydroxylation sites is 1. The fourth-order valence-corrected chi connectivity index (χ4v) is 1.85. The van der Waals surface area contributed by atoms with E-state index < -0.39 is 0 Å². The molecule has 0 bridgehead atoms. The standard InChI is InChI=1S/C13H11N3O2/c1-7-5-9-13(14-6-7)16-12(15-9)8-3-2-4-10(17)11(8)18/h2-6,17-18H,1H3,(H,14,15,16). The normalized spacial score (nSPS) is 10.9. The van der Waals surface area contributed by atoms with Crippen LogP contribution in [0.2, 0.25) is 0 Å². The van der Waals surface area contributed by atoms with Gasteiger partial charge in [-0.25, -0.2) is 9.97 Å². The fourth-order valence-electron chi connectivity index (χ4n) is 1.85. The van der Waals surface area contributed by atoms with Crippen molar-refractivity contribution in [2.45, 2.75) is 6.92 Å². The summed E-state index contributed by atoms with van der Waals surface area (Å²) in [7, 11) is 0. The zero-order valence-electron chi connectivity index (χ0n) is 9.68. The van der Waals surface area contributed by atoms with Gasteiger partial charge in [-0.05, 0) is 30.7 Å². The third kappa shape index (κ3) is 1.57. The molecule has 0 aliphatic heterocycles. The zero-order chi connectivity index (χ0) is 12.7. The third-order valence-electron chi connectivity index (χ3n) is 2.74. The summed E-state index contributed by atoms with van der Waals surface area (Å²) in [6.45, 7) is 1.94. The highest BCUT2D eigenvalue weighted by molar-refractivity contribution is 5.78. The van der Waals surface area contributed by atoms with Crippen molar-refractivity contribution in [1.82, 2.24) is 15.0 Å². The van der Waals surface area contributed by atoms with Crippen molar-refractivity contribution < 1.29 is 10.2 Å². The molecule has 3 rings (SSSR count). The lowest BCUT2D eigenvalue weighted by atomic mass is 10.2. The number of hydrogen-bond acceptors (Lipinski definition) is 4. The van der Waals surface area contributed by atoms with Crippen LogP contribution in [0.15, 0.2) is 30.5 Å². The second kappa shape index (κ2) is 3.73. The fraction of sp³-hybridized carbons (Fsp3) is 0.0769. The van der Waals surface area contributed by atoms with Crippen LogP contribution in [0.3, 0.4) is 0 Å². The first-order chi connectivity index (χ1) is 8.65. The van der Waals surface area contributed by atoms with Gasteiger partial charge in [0.05, 0.1) is 11.1 Å². The van der Waals surface area contributed by atoms with Crippen LogP contribution >= 0.6 is 0 Å². The smallest absolute Gasteiger partial charge is 0.178 e. The van der Waals surface area contributed by atoms with Gasteiger partial charge in [0.1, 0.15) is 5.82 Å². The maximum Gasteiger partial charge on any atom is 0.178 e. The van der Waals surface area contributed by atoms with Gasteiger partial charge < -0.3 is 15.2 Å². The lowest BCUT2D eigenvalue weighted by Gasteiger charge is -2.02. The second-order valence-electron chi connectivity index (χ2n) is 4.14. The minimum Gasteiger partial charge on any atom is -0.504 e. The maximum absolute atomic E-state index is 9.80. The molecular formula is C13H11N3O2. The third-order valence-corrected chi connectivity index (χ3v) is 2.74. The van der Waals surface area contributed by atoms with E-state index in [0.29, 0.717) is 17.0 Å². The highest BCUT2D eigenvalue weighted by Gasteiger charge is 2.12. The molecule has 2 aromatic heterocycles. The number of fused-ring (bicyclic) bond motifs is 1. The summed E-state index contributed by atoms with van der Waals surface area (Å²) in [5, 5.41) is 19.3. The molecule has 2 heterocycles. The number of nitrogens with zero attached hydrogens (tertiary/aromatic N) is 2. The van der Waals surface area contributed by atoms with Gasteiger partial charge >= 0.3 is 0 Å². The van der Waals surface area contributed by atoms with Crippen LogP contribution in [0.5, 0.6) is 11.5 Å². The summed E-state index contributed by atoms with van der Waals surface area (Å²) in [4.78, 5) is 11.6. The van der Waals surface area contributed by atoms with Crippen molar-refractivity contribution in [3.63, 3.8) is 0 Å². The summed E-state index contributed by atoms with van der Waals surface area (Å²) >= 11 is 0. The second-order valence-corrected chi connectivity index (χ2v) is 4.14. The lowest BCUT2D eigenvalue weighted by Crippen LogP contribution is -1.81.